The molecule has 12 heavy (non-hydrogen) atoms. The molecule has 1 atom stereocenters. The molecular formula is C9H11BrFN. The second-order valence-corrected chi connectivity index (χ2v) is 3.56. The van der Waals surface area contributed by atoms with E-state index in [9.17, 15) is 4.39 Å². The fourth-order valence-corrected chi connectivity index (χ4v) is 1.47. The van der Waals surface area contributed by atoms with Gasteiger partial charge in [-0.1, -0.05) is 28.1 Å². The predicted molar refractivity (Wildman–Crippen MR) is 51.9 cm³/mol. The van der Waals surface area contributed by atoms with E-state index in [1.807, 2.05) is 24.3 Å². The number of hydrogen-bond acceptors (Lipinski definition) is 1. The highest BCUT2D eigenvalue weighted by Gasteiger charge is 2.08. The minimum Gasteiger partial charge on any atom is -0.330 e. The van der Waals surface area contributed by atoms with Crippen molar-refractivity contribution in [2.75, 3.05) is 13.2 Å². The van der Waals surface area contributed by atoms with Gasteiger partial charge in [-0.25, -0.2) is 0 Å². The predicted octanol–water partition coefficient (Wildman–Crippen LogP) is 2.46. The van der Waals surface area contributed by atoms with E-state index in [1.165, 1.54) is 0 Å². The van der Waals surface area contributed by atoms with E-state index < -0.39 is 6.67 Å². The van der Waals surface area contributed by atoms with E-state index in [4.69, 9.17) is 5.73 Å². The van der Waals surface area contributed by atoms with Crippen molar-refractivity contribution < 1.29 is 4.39 Å². The van der Waals surface area contributed by atoms with E-state index in [2.05, 4.69) is 15.9 Å². The molecule has 3 heteroatoms. The van der Waals surface area contributed by atoms with Gasteiger partial charge in [-0.05, 0) is 17.7 Å². The van der Waals surface area contributed by atoms with Gasteiger partial charge in [-0.3, -0.25) is 4.39 Å². The smallest absolute Gasteiger partial charge is 0.0975 e. The SMILES string of the molecule is NCC(CF)c1cccc(Br)c1. The zero-order chi connectivity index (χ0) is 8.97. The molecule has 0 bridgehead atoms. The molecule has 0 saturated carbocycles. The summed E-state index contributed by atoms with van der Waals surface area (Å²) in [5.74, 6) is -0.164. The molecule has 0 fully saturated rings. The largest absolute Gasteiger partial charge is 0.330 e. The van der Waals surface area contributed by atoms with Gasteiger partial charge in [0.05, 0.1) is 6.67 Å². The summed E-state index contributed by atoms with van der Waals surface area (Å²) in [6, 6.07) is 7.59. The van der Waals surface area contributed by atoms with Crippen LogP contribution in [0.25, 0.3) is 0 Å². The lowest BCUT2D eigenvalue weighted by molar-refractivity contribution is 0.434. The minimum atomic E-state index is -0.396. The van der Waals surface area contributed by atoms with Crippen molar-refractivity contribution in [1.29, 1.82) is 0 Å². The van der Waals surface area contributed by atoms with Crippen LogP contribution in [0.5, 0.6) is 0 Å². The summed E-state index contributed by atoms with van der Waals surface area (Å²) < 4.78 is 13.3. The van der Waals surface area contributed by atoms with Crippen LogP contribution >= 0.6 is 15.9 Å². The van der Waals surface area contributed by atoms with Crippen LogP contribution in [-0.2, 0) is 0 Å². The molecule has 1 rings (SSSR count). The molecule has 66 valence electrons. The van der Waals surface area contributed by atoms with E-state index >= 15 is 0 Å². The molecule has 1 aromatic rings. The number of halogens is 2. The number of rotatable bonds is 3. The Labute approximate surface area is 79.9 Å². The second kappa shape index (κ2) is 4.58. The van der Waals surface area contributed by atoms with Crippen LogP contribution in [0.3, 0.4) is 0 Å². The number of alkyl halides is 1. The molecule has 0 aliphatic carbocycles. The maximum absolute atomic E-state index is 12.4. The molecule has 1 unspecified atom stereocenters. The van der Waals surface area contributed by atoms with Gasteiger partial charge in [0, 0.05) is 16.9 Å². The van der Waals surface area contributed by atoms with Gasteiger partial charge in [-0.15, -0.1) is 0 Å². The van der Waals surface area contributed by atoms with Gasteiger partial charge in [0.15, 0.2) is 0 Å². The van der Waals surface area contributed by atoms with Crippen LogP contribution in [0, 0.1) is 0 Å². The molecule has 0 heterocycles. The van der Waals surface area contributed by atoms with Gasteiger partial charge in [0.1, 0.15) is 0 Å². The van der Waals surface area contributed by atoms with Gasteiger partial charge < -0.3 is 5.73 Å². The topological polar surface area (TPSA) is 26.0 Å². The Morgan fingerprint density at radius 3 is 2.75 bits per heavy atom. The summed E-state index contributed by atoms with van der Waals surface area (Å²) in [6.45, 7) is -0.0418. The summed E-state index contributed by atoms with van der Waals surface area (Å²) in [7, 11) is 0. The third-order valence-corrected chi connectivity index (χ3v) is 2.28. The first kappa shape index (κ1) is 9.68. The fraction of sp³-hybridized carbons (Fsp3) is 0.333. The van der Waals surface area contributed by atoms with Crippen LogP contribution in [0.2, 0.25) is 0 Å². The summed E-state index contributed by atoms with van der Waals surface area (Å²) in [6.07, 6.45) is 0. The molecule has 0 spiro atoms. The third-order valence-electron chi connectivity index (χ3n) is 1.79. The van der Waals surface area contributed by atoms with Crippen molar-refractivity contribution in [3.05, 3.63) is 34.3 Å². The normalized spacial score (nSPS) is 12.9. The highest BCUT2D eigenvalue weighted by molar-refractivity contribution is 9.10. The molecule has 0 aliphatic rings. The van der Waals surface area contributed by atoms with Crippen LogP contribution in [0.1, 0.15) is 11.5 Å². The number of nitrogens with two attached hydrogens (primary N) is 1. The zero-order valence-corrected chi connectivity index (χ0v) is 8.22. The monoisotopic (exact) mass is 231 g/mol. The van der Waals surface area contributed by atoms with Gasteiger partial charge in [0.25, 0.3) is 0 Å². The highest BCUT2D eigenvalue weighted by Crippen LogP contribution is 2.19. The molecule has 1 nitrogen and oxygen atoms in total. The van der Waals surface area contributed by atoms with Crippen molar-refractivity contribution >= 4 is 15.9 Å². The van der Waals surface area contributed by atoms with Gasteiger partial charge >= 0.3 is 0 Å². The number of benzene rings is 1. The summed E-state index contributed by atoms with van der Waals surface area (Å²) >= 11 is 3.33. The first-order valence-electron chi connectivity index (χ1n) is 3.79. The van der Waals surface area contributed by atoms with E-state index in [-0.39, 0.29) is 5.92 Å². The van der Waals surface area contributed by atoms with Crippen molar-refractivity contribution in [3.63, 3.8) is 0 Å². The molecule has 0 amide bonds. The third kappa shape index (κ3) is 2.29. The first-order valence-corrected chi connectivity index (χ1v) is 4.58. The Bertz CT molecular complexity index is 248. The Balaban J connectivity index is 2.85. The van der Waals surface area contributed by atoms with Crippen molar-refractivity contribution in [2.24, 2.45) is 5.73 Å². The molecule has 2 N–H and O–H groups in total. The van der Waals surface area contributed by atoms with E-state index in [0.29, 0.717) is 6.54 Å². The minimum absolute atomic E-state index is 0.164. The quantitative estimate of drug-likeness (QED) is 0.851. The summed E-state index contributed by atoms with van der Waals surface area (Å²) in [5.41, 5.74) is 6.36. The van der Waals surface area contributed by atoms with Crippen molar-refractivity contribution in [1.82, 2.24) is 0 Å². The average molecular weight is 232 g/mol. The summed E-state index contributed by atoms with van der Waals surface area (Å²) in [4.78, 5) is 0. The average Bonchev–Trinajstić information content (AvgIpc) is 2.07. The number of hydrogen-bond donors (Lipinski definition) is 1. The van der Waals surface area contributed by atoms with Crippen LogP contribution < -0.4 is 5.73 Å². The Hall–Kier alpha value is -0.410. The highest BCUT2D eigenvalue weighted by atomic mass is 79.9. The standard InChI is InChI=1S/C9H11BrFN/c10-9-3-1-2-7(4-9)8(5-11)6-12/h1-4,8H,5-6,12H2. The molecule has 0 aromatic heterocycles. The second-order valence-electron chi connectivity index (χ2n) is 2.64. The molecule has 1 aromatic carbocycles. The summed E-state index contributed by atoms with van der Waals surface area (Å²) in [5, 5.41) is 0. The maximum Gasteiger partial charge on any atom is 0.0975 e. The Kier molecular flexibility index (Phi) is 3.69. The van der Waals surface area contributed by atoms with Crippen molar-refractivity contribution in [3.8, 4) is 0 Å². The zero-order valence-electron chi connectivity index (χ0n) is 6.63. The molecule has 0 radical (unpaired) electrons. The molecule has 0 aliphatic heterocycles. The lowest BCUT2D eigenvalue weighted by atomic mass is 10.0. The molecule has 0 saturated heterocycles. The Morgan fingerprint density at radius 2 is 2.25 bits per heavy atom. The van der Waals surface area contributed by atoms with Gasteiger partial charge in [0.2, 0.25) is 0 Å². The lowest BCUT2D eigenvalue weighted by Crippen LogP contribution is -2.13. The first-order chi connectivity index (χ1) is 5.77. The van der Waals surface area contributed by atoms with E-state index in [1.54, 1.807) is 0 Å². The maximum atomic E-state index is 12.4. The van der Waals surface area contributed by atoms with Gasteiger partial charge in [-0.2, -0.15) is 0 Å². The van der Waals surface area contributed by atoms with Crippen LogP contribution in [0.4, 0.5) is 4.39 Å². The molecular weight excluding hydrogens is 221 g/mol. The van der Waals surface area contributed by atoms with Crippen LogP contribution in [0.15, 0.2) is 28.7 Å². The van der Waals surface area contributed by atoms with Crippen LogP contribution in [-0.4, -0.2) is 13.2 Å². The lowest BCUT2D eigenvalue weighted by Gasteiger charge is -2.10. The van der Waals surface area contributed by atoms with E-state index in [0.717, 1.165) is 10.0 Å². The van der Waals surface area contributed by atoms with Crippen molar-refractivity contribution in [2.45, 2.75) is 5.92 Å². The Morgan fingerprint density at radius 1 is 1.50 bits per heavy atom. The fourth-order valence-electron chi connectivity index (χ4n) is 1.05.